The summed E-state index contributed by atoms with van der Waals surface area (Å²) in [5.41, 5.74) is 0.601. The maximum Gasteiger partial charge on any atom is 0.262 e. The summed E-state index contributed by atoms with van der Waals surface area (Å²) in [4.78, 5) is 17.5. The Bertz CT molecular complexity index is 945. The molecule has 1 aromatic heterocycles. The molecule has 3 rings (SSSR count). The van der Waals surface area contributed by atoms with Crippen LogP contribution < -0.4 is 14.8 Å². The highest BCUT2D eigenvalue weighted by Crippen LogP contribution is 2.34. The van der Waals surface area contributed by atoms with E-state index in [4.69, 9.17) is 21.1 Å². The van der Waals surface area contributed by atoms with E-state index in [1.54, 1.807) is 37.6 Å². The average Bonchev–Trinajstić information content (AvgIpc) is 3.07. The molecule has 0 unspecified atom stereocenters. The van der Waals surface area contributed by atoms with Crippen molar-refractivity contribution in [2.75, 3.05) is 19.0 Å². The molecule has 0 bridgehead atoms. The molecule has 3 aromatic rings. The van der Waals surface area contributed by atoms with E-state index in [1.807, 2.05) is 36.0 Å². The number of hydrogen-bond donors (Lipinski definition) is 1. The molecule has 0 aliphatic carbocycles. The van der Waals surface area contributed by atoms with Gasteiger partial charge in [-0.3, -0.25) is 4.79 Å². The van der Waals surface area contributed by atoms with Gasteiger partial charge in [0.2, 0.25) is 0 Å². The first-order valence-electron chi connectivity index (χ1n) is 8.07. The van der Waals surface area contributed by atoms with Gasteiger partial charge >= 0.3 is 0 Å². The average molecular weight is 404 g/mol. The Morgan fingerprint density at radius 1 is 1.26 bits per heavy atom. The first-order chi connectivity index (χ1) is 13.1. The zero-order chi connectivity index (χ0) is 19.2. The number of halogens is 1. The third-order valence-electron chi connectivity index (χ3n) is 3.62. The lowest BCUT2D eigenvalue weighted by atomic mass is 10.3. The van der Waals surface area contributed by atoms with Crippen LogP contribution in [0.15, 0.2) is 64.9 Å². The SMILES string of the molecule is COc1ccccc1OCC(=O)Nc1cc(Cl)ccc1Sc1nccn1C. The summed E-state index contributed by atoms with van der Waals surface area (Å²) in [7, 11) is 3.46. The quantitative estimate of drug-likeness (QED) is 0.638. The molecule has 0 saturated heterocycles. The van der Waals surface area contributed by atoms with Crippen LogP contribution in [0.4, 0.5) is 5.69 Å². The highest BCUT2D eigenvalue weighted by Gasteiger charge is 2.13. The van der Waals surface area contributed by atoms with Gasteiger partial charge in [-0.15, -0.1) is 0 Å². The van der Waals surface area contributed by atoms with Crippen LogP contribution >= 0.6 is 23.4 Å². The van der Waals surface area contributed by atoms with Crippen molar-refractivity contribution in [1.82, 2.24) is 9.55 Å². The number of aryl methyl sites for hydroxylation is 1. The molecule has 140 valence electrons. The molecular formula is C19H18ClN3O3S. The normalized spacial score (nSPS) is 10.5. The van der Waals surface area contributed by atoms with E-state index >= 15 is 0 Å². The van der Waals surface area contributed by atoms with Crippen LogP contribution in [-0.4, -0.2) is 29.2 Å². The number of benzene rings is 2. The summed E-state index contributed by atoms with van der Waals surface area (Å²) < 4.78 is 12.7. The number of carbonyl (C=O) groups is 1. The Kier molecular flexibility index (Phi) is 6.26. The van der Waals surface area contributed by atoms with Gasteiger partial charge in [-0.1, -0.05) is 23.7 Å². The molecule has 2 aromatic carbocycles. The maximum atomic E-state index is 12.4. The van der Waals surface area contributed by atoms with Gasteiger partial charge < -0.3 is 19.4 Å². The number of ether oxygens (including phenoxy) is 2. The van der Waals surface area contributed by atoms with Crippen molar-refractivity contribution in [3.05, 3.63) is 59.9 Å². The predicted octanol–water partition coefficient (Wildman–Crippen LogP) is 4.25. The number of para-hydroxylation sites is 2. The van der Waals surface area contributed by atoms with E-state index in [1.165, 1.54) is 11.8 Å². The lowest BCUT2D eigenvalue weighted by Gasteiger charge is -2.13. The summed E-state index contributed by atoms with van der Waals surface area (Å²) in [6, 6.07) is 12.5. The number of nitrogens with zero attached hydrogens (tertiary/aromatic N) is 2. The molecule has 0 aliphatic heterocycles. The number of methoxy groups -OCH3 is 1. The van der Waals surface area contributed by atoms with Crippen molar-refractivity contribution < 1.29 is 14.3 Å². The lowest BCUT2D eigenvalue weighted by Crippen LogP contribution is -2.20. The van der Waals surface area contributed by atoms with Gasteiger partial charge in [0.1, 0.15) is 0 Å². The number of anilines is 1. The number of hydrogen-bond acceptors (Lipinski definition) is 5. The topological polar surface area (TPSA) is 65.4 Å². The van der Waals surface area contributed by atoms with E-state index in [0.29, 0.717) is 22.2 Å². The second-order valence-electron chi connectivity index (χ2n) is 5.55. The van der Waals surface area contributed by atoms with Crippen LogP contribution in [0, 0.1) is 0 Å². The first-order valence-corrected chi connectivity index (χ1v) is 9.26. The highest BCUT2D eigenvalue weighted by molar-refractivity contribution is 7.99. The molecule has 27 heavy (non-hydrogen) atoms. The fraction of sp³-hybridized carbons (Fsp3) is 0.158. The second-order valence-corrected chi connectivity index (χ2v) is 7.00. The minimum atomic E-state index is -0.301. The molecule has 0 spiro atoms. The molecule has 0 radical (unpaired) electrons. The zero-order valence-electron chi connectivity index (χ0n) is 14.8. The number of nitrogens with one attached hydrogen (secondary N) is 1. The molecule has 1 heterocycles. The van der Waals surface area contributed by atoms with Crippen molar-refractivity contribution in [1.29, 1.82) is 0 Å². The number of amides is 1. The Morgan fingerprint density at radius 2 is 2.04 bits per heavy atom. The van der Waals surface area contributed by atoms with Crippen LogP contribution in [0.25, 0.3) is 0 Å². The van der Waals surface area contributed by atoms with Gasteiger partial charge in [-0.2, -0.15) is 0 Å². The second kappa shape index (κ2) is 8.83. The van der Waals surface area contributed by atoms with E-state index in [0.717, 1.165) is 10.1 Å². The molecular weight excluding hydrogens is 386 g/mol. The zero-order valence-corrected chi connectivity index (χ0v) is 16.4. The van der Waals surface area contributed by atoms with E-state index in [9.17, 15) is 4.79 Å². The lowest BCUT2D eigenvalue weighted by molar-refractivity contribution is -0.118. The van der Waals surface area contributed by atoms with Crippen molar-refractivity contribution in [2.24, 2.45) is 7.05 Å². The van der Waals surface area contributed by atoms with E-state index in [-0.39, 0.29) is 12.5 Å². The van der Waals surface area contributed by atoms with E-state index in [2.05, 4.69) is 10.3 Å². The fourth-order valence-electron chi connectivity index (χ4n) is 2.31. The predicted molar refractivity (Wildman–Crippen MR) is 106 cm³/mol. The van der Waals surface area contributed by atoms with Gasteiger partial charge in [0.05, 0.1) is 12.8 Å². The summed E-state index contributed by atoms with van der Waals surface area (Å²) in [5.74, 6) is 0.771. The number of carbonyl (C=O) groups excluding carboxylic acids is 1. The molecule has 1 N–H and O–H groups in total. The number of rotatable bonds is 7. The van der Waals surface area contributed by atoms with Crippen LogP contribution in [0.5, 0.6) is 11.5 Å². The molecule has 6 nitrogen and oxygen atoms in total. The van der Waals surface area contributed by atoms with Crippen LogP contribution in [0.3, 0.4) is 0 Å². The fourth-order valence-corrected chi connectivity index (χ4v) is 3.35. The molecule has 0 aliphatic rings. The van der Waals surface area contributed by atoms with Gasteiger partial charge in [0, 0.05) is 29.4 Å². The smallest absolute Gasteiger partial charge is 0.262 e. The molecule has 0 saturated carbocycles. The summed E-state index contributed by atoms with van der Waals surface area (Å²) in [6.07, 6.45) is 3.58. The van der Waals surface area contributed by atoms with Crippen molar-refractivity contribution in [3.63, 3.8) is 0 Å². The molecule has 1 amide bonds. The standard InChI is InChI=1S/C19H18ClN3O3S/c1-23-10-9-21-19(23)27-17-8-7-13(20)11-14(17)22-18(24)12-26-16-6-4-3-5-15(16)25-2/h3-11H,12H2,1-2H3,(H,22,24). The van der Waals surface area contributed by atoms with Crippen molar-refractivity contribution in [2.45, 2.75) is 10.1 Å². The Hall–Kier alpha value is -2.64. The van der Waals surface area contributed by atoms with Crippen molar-refractivity contribution >= 4 is 35.0 Å². The molecule has 8 heteroatoms. The Balaban J connectivity index is 1.70. The van der Waals surface area contributed by atoms with Gasteiger partial charge in [-0.25, -0.2) is 4.98 Å². The first kappa shape index (κ1) is 19.1. The summed E-state index contributed by atoms with van der Waals surface area (Å²) in [5, 5.41) is 4.18. The van der Waals surface area contributed by atoms with E-state index < -0.39 is 0 Å². The Labute approximate surface area is 166 Å². The maximum absolute atomic E-state index is 12.4. The third-order valence-corrected chi connectivity index (χ3v) is 5.01. The largest absolute Gasteiger partial charge is 0.493 e. The molecule has 0 fully saturated rings. The van der Waals surface area contributed by atoms with Crippen molar-refractivity contribution in [3.8, 4) is 11.5 Å². The van der Waals surface area contributed by atoms with Crippen LogP contribution in [0.1, 0.15) is 0 Å². The van der Waals surface area contributed by atoms with Gasteiger partial charge in [0.15, 0.2) is 23.3 Å². The summed E-state index contributed by atoms with van der Waals surface area (Å²) in [6.45, 7) is -0.153. The van der Waals surface area contributed by atoms with Crippen LogP contribution in [-0.2, 0) is 11.8 Å². The Morgan fingerprint density at radius 3 is 2.74 bits per heavy atom. The monoisotopic (exact) mass is 403 g/mol. The number of aromatic nitrogens is 2. The van der Waals surface area contributed by atoms with Crippen LogP contribution in [0.2, 0.25) is 5.02 Å². The minimum Gasteiger partial charge on any atom is -0.493 e. The number of imidazole rings is 1. The summed E-state index contributed by atoms with van der Waals surface area (Å²) >= 11 is 7.53. The third kappa shape index (κ3) is 4.96. The minimum absolute atomic E-state index is 0.153. The highest BCUT2D eigenvalue weighted by atomic mass is 35.5. The van der Waals surface area contributed by atoms with Gasteiger partial charge in [0.25, 0.3) is 5.91 Å². The molecule has 0 atom stereocenters. The van der Waals surface area contributed by atoms with Gasteiger partial charge in [-0.05, 0) is 42.1 Å².